The normalized spacial score (nSPS) is 16.5. The second-order valence-corrected chi connectivity index (χ2v) is 4.77. The molecule has 0 bridgehead atoms. The Kier molecular flexibility index (Phi) is 5.02. The molecule has 0 N–H and O–H groups in total. The van der Waals surface area contributed by atoms with Gasteiger partial charge in [0.2, 0.25) is 10.5 Å². The molecule has 0 rings (SSSR count). The van der Waals surface area contributed by atoms with E-state index in [0.29, 0.717) is 0 Å². The quantitative estimate of drug-likeness (QED) is 0.579. The summed E-state index contributed by atoms with van der Waals surface area (Å²) in [6.45, 7) is 3.09. The molecular formula is C7H8Cl4O2. The number of halogens is 4. The number of alkyl halides is 2. The van der Waals surface area contributed by atoms with E-state index < -0.39 is 26.7 Å². The molecule has 6 heteroatoms. The zero-order valence-corrected chi connectivity index (χ0v) is 10.0. The first-order valence-electron chi connectivity index (χ1n) is 3.38. The molecule has 2 atom stereocenters. The average Bonchev–Trinajstić information content (AvgIpc) is 2.01. The molecule has 0 aliphatic rings. The van der Waals surface area contributed by atoms with Crippen molar-refractivity contribution in [3.05, 3.63) is 0 Å². The highest BCUT2D eigenvalue weighted by Crippen LogP contribution is 2.35. The molecule has 0 aromatic heterocycles. The molecule has 0 radical (unpaired) electrons. The predicted molar refractivity (Wildman–Crippen MR) is 54.8 cm³/mol. The van der Waals surface area contributed by atoms with E-state index in [4.69, 9.17) is 46.4 Å². The number of hydrogen-bond acceptors (Lipinski definition) is 2. The summed E-state index contributed by atoms with van der Waals surface area (Å²) in [4.78, 5) is 21.5. The molecule has 0 aliphatic carbocycles. The molecular weight excluding hydrogens is 258 g/mol. The smallest absolute Gasteiger partial charge is 0.240 e. The van der Waals surface area contributed by atoms with Crippen LogP contribution in [0.1, 0.15) is 13.8 Å². The van der Waals surface area contributed by atoms with Crippen molar-refractivity contribution in [2.75, 3.05) is 0 Å². The van der Waals surface area contributed by atoms with Crippen LogP contribution >= 0.6 is 46.4 Å². The first-order chi connectivity index (χ1) is 5.71. The largest absolute Gasteiger partial charge is 0.280 e. The van der Waals surface area contributed by atoms with Gasteiger partial charge >= 0.3 is 0 Å². The minimum Gasteiger partial charge on any atom is -0.280 e. The van der Waals surface area contributed by atoms with Crippen molar-refractivity contribution in [3.8, 4) is 0 Å². The maximum absolute atomic E-state index is 10.7. The van der Waals surface area contributed by atoms with Crippen molar-refractivity contribution >= 4 is 56.9 Å². The van der Waals surface area contributed by atoms with E-state index in [9.17, 15) is 9.59 Å². The molecule has 0 heterocycles. The minimum atomic E-state index is -1.04. The first-order valence-corrected chi connectivity index (χ1v) is 5.01. The Balaban J connectivity index is 4.74. The van der Waals surface area contributed by atoms with Crippen LogP contribution in [0.2, 0.25) is 0 Å². The molecule has 13 heavy (non-hydrogen) atoms. The van der Waals surface area contributed by atoms with Crippen LogP contribution in [0, 0.1) is 5.41 Å². The van der Waals surface area contributed by atoms with E-state index in [1.807, 2.05) is 0 Å². The molecule has 0 saturated carbocycles. The second kappa shape index (κ2) is 4.83. The highest BCUT2D eigenvalue weighted by molar-refractivity contribution is 6.71. The van der Waals surface area contributed by atoms with Gasteiger partial charge in [0, 0.05) is 5.41 Å². The van der Waals surface area contributed by atoms with Gasteiger partial charge < -0.3 is 0 Å². The Bertz CT molecular complexity index is 205. The van der Waals surface area contributed by atoms with Crippen LogP contribution in [0.4, 0.5) is 0 Å². The van der Waals surface area contributed by atoms with Gasteiger partial charge in [-0.25, -0.2) is 0 Å². The fourth-order valence-corrected chi connectivity index (χ4v) is 1.59. The summed E-state index contributed by atoms with van der Waals surface area (Å²) in [5.41, 5.74) is -0.971. The van der Waals surface area contributed by atoms with Crippen LogP contribution in [0.15, 0.2) is 0 Å². The van der Waals surface area contributed by atoms with E-state index in [1.165, 1.54) is 0 Å². The molecule has 0 aliphatic heterocycles. The van der Waals surface area contributed by atoms with Crippen LogP contribution in [0.25, 0.3) is 0 Å². The first kappa shape index (κ1) is 13.5. The average molecular weight is 266 g/mol. The number of carbonyl (C=O) groups excluding carboxylic acids is 2. The highest BCUT2D eigenvalue weighted by Gasteiger charge is 2.42. The molecule has 76 valence electrons. The topological polar surface area (TPSA) is 34.1 Å². The summed E-state index contributed by atoms with van der Waals surface area (Å²) < 4.78 is 0. The van der Waals surface area contributed by atoms with Crippen LogP contribution in [-0.4, -0.2) is 21.2 Å². The van der Waals surface area contributed by atoms with Crippen LogP contribution in [0.3, 0.4) is 0 Å². The minimum absolute atomic E-state index is 0.754. The van der Waals surface area contributed by atoms with E-state index in [0.717, 1.165) is 0 Å². The Morgan fingerprint density at radius 2 is 1.23 bits per heavy atom. The van der Waals surface area contributed by atoms with Crippen molar-refractivity contribution in [2.45, 2.75) is 24.6 Å². The van der Waals surface area contributed by atoms with E-state index in [-0.39, 0.29) is 0 Å². The Morgan fingerprint density at radius 1 is 1.00 bits per heavy atom. The van der Waals surface area contributed by atoms with Gasteiger partial charge in [-0.1, -0.05) is 13.8 Å². The maximum Gasteiger partial charge on any atom is 0.240 e. The number of hydrogen-bond donors (Lipinski definition) is 0. The third-order valence-electron chi connectivity index (χ3n) is 1.70. The summed E-state index contributed by atoms with van der Waals surface area (Å²) in [6.07, 6.45) is 0. The molecule has 2 nitrogen and oxygen atoms in total. The molecule has 0 aromatic carbocycles. The van der Waals surface area contributed by atoms with Gasteiger partial charge in [0.15, 0.2) is 0 Å². The predicted octanol–water partition coefficient (Wildman–Crippen LogP) is 2.76. The molecule has 0 spiro atoms. The van der Waals surface area contributed by atoms with Gasteiger partial charge in [0.1, 0.15) is 10.8 Å². The molecule has 0 saturated heterocycles. The van der Waals surface area contributed by atoms with Crippen molar-refractivity contribution in [3.63, 3.8) is 0 Å². The van der Waals surface area contributed by atoms with Gasteiger partial charge in [-0.3, -0.25) is 9.59 Å². The molecule has 2 unspecified atom stereocenters. The molecule has 0 amide bonds. The zero-order valence-electron chi connectivity index (χ0n) is 6.98. The molecule has 0 aromatic rings. The van der Waals surface area contributed by atoms with Crippen molar-refractivity contribution in [1.82, 2.24) is 0 Å². The lowest BCUT2D eigenvalue weighted by atomic mass is 9.86. The van der Waals surface area contributed by atoms with Crippen molar-refractivity contribution in [2.24, 2.45) is 5.41 Å². The van der Waals surface area contributed by atoms with E-state index in [1.54, 1.807) is 13.8 Å². The standard InChI is InChI=1S/C7H8Cl4O2/c1-7(2,3(8)5(10)12)4(9)6(11)13/h3-4H,1-2H3. The van der Waals surface area contributed by atoms with Gasteiger partial charge in [-0.15, -0.1) is 23.2 Å². The van der Waals surface area contributed by atoms with Crippen LogP contribution in [-0.2, 0) is 9.59 Å². The van der Waals surface area contributed by atoms with Gasteiger partial charge in [-0.2, -0.15) is 0 Å². The lowest BCUT2D eigenvalue weighted by molar-refractivity contribution is -0.115. The third kappa shape index (κ3) is 3.28. The monoisotopic (exact) mass is 264 g/mol. The van der Waals surface area contributed by atoms with E-state index >= 15 is 0 Å². The van der Waals surface area contributed by atoms with Crippen molar-refractivity contribution in [1.29, 1.82) is 0 Å². The molecule has 0 fully saturated rings. The summed E-state index contributed by atoms with van der Waals surface area (Å²) in [5, 5.41) is -3.59. The Labute approximate surface area is 96.5 Å². The number of rotatable bonds is 4. The van der Waals surface area contributed by atoms with Crippen LogP contribution in [0.5, 0.6) is 0 Å². The van der Waals surface area contributed by atoms with Gasteiger partial charge in [0.25, 0.3) is 0 Å². The van der Waals surface area contributed by atoms with Gasteiger partial charge in [0.05, 0.1) is 0 Å². The third-order valence-corrected chi connectivity index (χ3v) is 3.89. The Hall–Kier alpha value is 0.500. The van der Waals surface area contributed by atoms with E-state index in [2.05, 4.69) is 0 Å². The van der Waals surface area contributed by atoms with Crippen LogP contribution < -0.4 is 0 Å². The summed E-state index contributed by atoms with van der Waals surface area (Å²) in [6, 6.07) is 0. The zero-order chi connectivity index (χ0) is 10.8. The Morgan fingerprint density at radius 3 is 1.38 bits per heavy atom. The lowest BCUT2D eigenvalue weighted by Gasteiger charge is -2.29. The summed E-state index contributed by atoms with van der Waals surface area (Å²) in [7, 11) is 0. The van der Waals surface area contributed by atoms with Gasteiger partial charge in [-0.05, 0) is 23.2 Å². The number of carbonyl (C=O) groups is 2. The fraction of sp³-hybridized carbons (Fsp3) is 0.714. The highest BCUT2D eigenvalue weighted by atomic mass is 35.5. The van der Waals surface area contributed by atoms with Crippen molar-refractivity contribution < 1.29 is 9.59 Å². The fourth-order valence-electron chi connectivity index (χ4n) is 0.713. The second-order valence-electron chi connectivity index (χ2n) is 3.15. The maximum atomic E-state index is 10.7. The summed E-state index contributed by atoms with van der Waals surface area (Å²) in [5.74, 6) is 0. The SMILES string of the molecule is CC(C)(C(Cl)C(=O)Cl)C(Cl)C(=O)Cl. The summed E-state index contributed by atoms with van der Waals surface area (Å²) >= 11 is 21.7. The lowest BCUT2D eigenvalue weighted by Crippen LogP contribution is -2.40.